The van der Waals surface area contributed by atoms with Crippen molar-refractivity contribution in [3.05, 3.63) is 36.3 Å². The number of nitrogens with zero attached hydrogens (tertiary/aromatic N) is 3. The molecule has 4 rings (SSSR count). The van der Waals surface area contributed by atoms with Gasteiger partial charge in [-0.15, -0.1) is 0 Å². The number of fused-ring (bicyclic) bond motifs is 1. The minimum Gasteiger partial charge on any atom is -0.468 e. The van der Waals surface area contributed by atoms with Crippen LogP contribution in [-0.4, -0.2) is 68.7 Å². The summed E-state index contributed by atoms with van der Waals surface area (Å²) in [7, 11) is 0. The standard InChI is InChI=1S/C24H29F3N4O7/c1-12-16-18(37-23(5,6)36-16)17(35-15-9-7-8-14(30-15)24(25,26)27)19(34-12)20(32)29-13-10-28-31(11-13)21(33)38-22(2,3)4/h7-12,16-19H,1-6H3,(H,29,32)/t12-,16+,17-,18+,19+/m1/s1. The van der Waals surface area contributed by atoms with Crippen molar-refractivity contribution in [1.82, 2.24) is 14.8 Å². The molecule has 0 bridgehead atoms. The summed E-state index contributed by atoms with van der Waals surface area (Å²) in [5.74, 6) is -2.13. The monoisotopic (exact) mass is 542 g/mol. The second-order valence-corrected chi connectivity index (χ2v) is 10.4. The SMILES string of the molecule is C[C@H]1O[C@H](C(=O)Nc2cnn(C(=O)OC(C)(C)C)c2)[C@H](Oc2cccc(C(F)(F)F)n2)[C@H]2OC(C)(C)O[C@H]21. The Kier molecular flexibility index (Phi) is 7.18. The molecule has 1 N–H and O–H groups in total. The predicted octanol–water partition coefficient (Wildman–Crippen LogP) is 3.77. The molecule has 2 aromatic rings. The molecule has 0 saturated carbocycles. The molecule has 0 aliphatic carbocycles. The molecule has 0 aromatic carbocycles. The van der Waals surface area contributed by atoms with E-state index in [2.05, 4.69) is 15.4 Å². The zero-order valence-electron chi connectivity index (χ0n) is 21.6. The van der Waals surface area contributed by atoms with Crippen LogP contribution < -0.4 is 10.1 Å². The number of pyridine rings is 1. The van der Waals surface area contributed by atoms with Crippen LogP contribution in [-0.2, 0) is 29.9 Å². The van der Waals surface area contributed by atoms with Gasteiger partial charge in [-0.1, -0.05) is 6.07 Å². The number of aromatic nitrogens is 3. The zero-order valence-corrected chi connectivity index (χ0v) is 21.6. The lowest BCUT2D eigenvalue weighted by molar-refractivity contribution is -0.180. The van der Waals surface area contributed by atoms with Gasteiger partial charge < -0.3 is 29.0 Å². The molecule has 2 fully saturated rings. The van der Waals surface area contributed by atoms with Gasteiger partial charge in [0.05, 0.1) is 24.2 Å². The van der Waals surface area contributed by atoms with E-state index in [9.17, 15) is 22.8 Å². The number of halogens is 3. The summed E-state index contributed by atoms with van der Waals surface area (Å²) in [5.41, 5.74) is -1.76. The lowest BCUT2D eigenvalue weighted by Crippen LogP contribution is -2.61. The third-order valence-electron chi connectivity index (χ3n) is 5.57. The number of alkyl halides is 3. The molecule has 14 heteroatoms. The molecule has 38 heavy (non-hydrogen) atoms. The van der Waals surface area contributed by atoms with E-state index in [0.29, 0.717) is 0 Å². The van der Waals surface area contributed by atoms with Crippen LogP contribution in [0.5, 0.6) is 5.88 Å². The summed E-state index contributed by atoms with van der Waals surface area (Å²) in [5, 5.41) is 6.49. The van der Waals surface area contributed by atoms with Crippen LogP contribution in [0.1, 0.15) is 47.2 Å². The van der Waals surface area contributed by atoms with E-state index in [-0.39, 0.29) is 11.6 Å². The average molecular weight is 543 g/mol. The van der Waals surface area contributed by atoms with E-state index in [1.165, 1.54) is 18.5 Å². The topological polar surface area (TPSA) is 123 Å². The van der Waals surface area contributed by atoms with Gasteiger partial charge in [-0.2, -0.15) is 23.0 Å². The van der Waals surface area contributed by atoms with Gasteiger partial charge >= 0.3 is 12.3 Å². The van der Waals surface area contributed by atoms with E-state index in [4.69, 9.17) is 23.7 Å². The molecule has 2 saturated heterocycles. The summed E-state index contributed by atoms with van der Waals surface area (Å²) in [4.78, 5) is 29.1. The van der Waals surface area contributed by atoms with E-state index in [1.54, 1.807) is 41.5 Å². The van der Waals surface area contributed by atoms with E-state index >= 15 is 0 Å². The molecule has 2 aliphatic heterocycles. The van der Waals surface area contributed by atoms with Crippen LogP contribution >= 0.6 is 0 Å². The highest BCUT2D eigenvalue weighted by molar-refractivity contribution is 5.95. The number of anilines is 1. The Morgan fingerprint density at radius 3 is 2.47 bits per heavy atom. The first-order chi connectivity index (χ1) is 17.5. The number of hydrogen-bond donors (Lipinski definition) is 1. The van der Waals surface area contributed by atoms with Crippen molar-refractivity contribution in [2.45, 2.75) is 89.6 Å². The molecular formula is C24H29F3N4O7. The molecule has 208 valence electrons. The van der Waals surface area contributed by atoms with E-state index < -0.39 is 65.8 Å². The van der Waals surface area contributed by atoms with Gasteiger partial charge in [0.2, 0.25) is 5.88 Å². The maximum atomic E-state index is 13.3. The summed E-state index contributed by atoms with van der Waals surface area (Å²) in [6, 6.07) is 3.19. The number of rotatable bonds is 4. The Labute approximate surface area is 216 Å². The highest BCUT2D eigenvalue weighted by Crippen LogP contribution is 2.39. The zero-order chi connectivity index (χ0) is 28.0. The molecule has 0 unspecified atom stereocenters. The third-order valence-corrected chi connectivity index (χ3v) is 5.57. The lowest BCUT2D eigenvalue weighted by Gasteiger charge is -2.40. The number of nitrogens with one attached hydrogen (secondary N) is 1. The number of amides is 1. The first-order valence-electron chi connectivity index (χ1n) is 11.8. The molecule has 4 heterocycles. The van der Waals surface area contributed by atoms with Crippen LogP contribution in [0.4, 0.5) is 23.7 Å². The molecule has 5 atom stereocenters. The normalized spacial score (nSPS) is 26.9. The van der Waals surface area contributed by atoms with Crippen molar-refractivity contribution in [2.75, 3.05) is 5.32 Å². The minimum absolute atomic E-state index is 0.152. The van der Waals surface area contributed by atoms with E-state index in [1.807, 2.05) is 0 Å². The number of ether oxygens (including phenoxy) is 5. The molecule has 0 spiro atoms. The highest BCUT2D eigenvalue weighted by atomic mass is 19.4. The van der Waals surface area contributed by atoms with Gasteiger partial charge in [-0.25, -0.2) is 9.78 Å². The maximum absolute atomic E-state index is 13.3. The largest absolute Gasteiger partial charge is 0.468 e. The molecule has 0 radical (unpaired) electrons. The number of hydrogen-bond acceptors (Lipinski definition) is 9. The maximum Gasteiger partial charge on any atom is 0.435 e. The van der Waals surface area contributed by atoms with Crippen molar-refractivity contribution in [3.63, 3.8) is 0 Å². The predicted molar refractivity (Wildman–Crippen MR) is 124 cm³/mol. The Balaban J connectivity index is 1.58. The smallest absolute Gasteiger partial charge is 0.435 e. The van der Waals surface area contributed by atoms with Crippen molar-refractivity contribution in [2.24, 2.45) is 0 Å². The van der Waals surface area contributed by atoms with Crippen LogP contribution in [0, 0.1) is 0 Å². The van der Waals surface area contributed by atoms with Crippen LogP contribution in [0.2, 0.25) is 0 Å². The molecular weight excluding hydrogens is 513 g/mol. The first kappa shape index (κ1) is 27.8. The Morgan fingerprint density at radius 1 is 1.13 bits per heavy atom. The Morgan fingerprint density at radius 2 is 1.82 bits per heavy atom. The third kappa shape index (κ3) is 6.25. The van der Waals surface area contributed by atoms with Crippen molar-refractivity contribution >= 4 is 17.7 Å². The van der Waals surface area contributed by atoms with Gasteiger partial charge in [-0.05, 0) is 47.6 Å². The van der Waals surface area contributed by atoms with Crippen molar-refractivity contribution in [1.29, 1.82) is 0 Å². The fourth-order valence-electron chi connectivity index (χ4n) is 4.12. The lowest BCUT2D eigenvalue weighted by atomic mass is 9.95. The van der Waals surface area contributed by atoms with Crippen LogP contribution in [0.3, 0.4) is 0 Å². The summed E-state index contributed by atoms with van der Waals surface area (Å²) < 4.78 is 69.4. The summed E-state index contributed by atoms with van der Waals surface area (Å²) in [6.45, 7) is 10.1. The quantitative estimate of drug-likeness (QED) is 0.615. The molecule has 1 amide bonds. The molecule has 2 aliphatic rings. The minimum atomic E-state index is -4.69. The van der Waals surface area contributed by atoms with Crippen LogP contribution in [0.15, 0.2) is 30.6 Å². The highest BCUT2D eigenvalue weighted by Gasteiger charge is 2.57. The number of carbonyl (C=O) groups is 2. The van der Waals surface area contributed by atoms with Gasteiger partial charge in [0.15, 0.2) is 18.0 Å². The summed E-state index contributed by atoms with van der Waals surface area (Å²) >= 11 is 0. The Bertz CT molecular complexity index is 1190. The molecule has 11 nitrogen and oxygen atoms in total. The van der Waals surface area contributed by atoms with E-state index in [0.717, 1.165) is 16.8 Å². The second kappa shape index (κ2) is 9.82. The molecule has 2 aromatic heterocycles. The van der Waals surface area contributed by atoms with Gasteiger partial charge in [0, 0.05) is 6.07 Å². The van der Waals surface area contributed by atoms with Gasteiger partial charge in [-0.3, -0.25) is 4.79 Å². The van der Waals surface area contributed by atoms with Gasteiger partial charge in [0.25, 0.3) is 5.91 Å². The first-order valence-corrected chi connectivity index (χ1v) is 11.8. The summed E-state index contributed by atoms with van der Waals surface area (Å²) in [6.07, 6.45) is -7.69. The van der Waals surface area contributed by atoms with Crippen molar-refractivity contribution in [3.8, 4) is 5.88 Å². The van der Waals surface area contributed by atoms with Gasteiger partial charge in [0.1, 0.15) is 23.5 Å². The fraction of sp³-hybridized carbons (Fsp3) is 0.583. The second-order valence-electron chi connectivity index (χ2n) is 10.4. The fourth-order valence-corrected chi connectivity index (χ4v) is 4.12. The van der Waals surface area contributed by atoms with Crippen molar-refractivity contribution < 1.29 is 46.4 Å². The van der Waals surface area contributed by atoms with Crippen LogP contribution in [0.25, 0.3) is 0 Å². The average Bonchev–Trinajstić information content (AvgIpc) is 3.38. The number of carbonyl (C=O) groups excluding carboxylic acids is 2. The Hall–Kier alpha value is -3.23.